The molecule has 0 aromatic heterocycles. The number of rotatable bonds is 2. The third-order valence-corrected chi connectivity index (χ3v) is 4.45. The molecule has 3 saturated heterocycles. The van der Waals surface area contributed by atoms with Gasteiger partial charge in [-0.25, -0.2) is 4.79 Å². The fraction of sp³-hybridized carbons (Fsp3) is 0.929. The monoisotopic (exact) mass is 283 g/mol. The maximum absolute atomic E-state index is 12.4. The number of ether oxygens (including phenoxy) is 2. The average Bonchev–Trinajstić information content (AvgIpc) is 3.01. The summed E-state index contributed by atoms with van der Waals surface area (Å²) in [6.45, 7) is 6.26. The number of piperidine rings is 1. The van der Waals surface area contributed by atoms with E-state index in [1.54, 1.807) is 0 Å². The Morgan fingerprint density at radius 2 is 1.55 bits per heavy atom. The molecule has 3 aliphatic heterocycles. The zero-order valence-corrected chi connectivity index (χ0v) is 12.1. The quantitative estimate of drug-likeness (QED) is 0.791. The van der Waals surface area contributed by atoms with E-state index < -0.39 is 0 Å². The van der Waals surface area contributed by atoms with Crippen molar-refractivity contribution in [2.24, 2.45) is 0 Å². The molecule has 0 aromatic rings. The molecule has 1 atom stereocenters. The molecular formula is C14H25N3O3. The molecule has 2 amide bonds. The van der Waals surface area contributed by atoms with Crippen molar-refractivity contribution in [3.8, 4) is 0 Å². The van der Waals surface area contributed by atoms with Gasteiger partial charge in [-0.1, -0.05) is 0 Å². The fourth-order valence-electron chi connectivity index (χ4n) is 3.19. The lowest BCUT2D eigenvalue weighted by Crippen LogP contribution is -2.53. The minimum absolute atomic E-state index is 0.191. The molecule has 3 fully saturated rings. The van der Waals surface area contributed by atoms with E-state index in [0.717, 1.165) is 58.7 Å². The van der Waals surface area contributed by atoms with Gasteiger partial charge in [-0.2, -0.15) is 0 Å². The smallest absolute Gasteiger partial charge is 0.320 e. The predicted molar refractivity (Wildman–Crippen MR) is 74.7 cm³/mol. The third-order valence-electron chi connectivity index (χ3n) is 4.45. The summed E-state index contributed by atoms with van der Waals surface area (Å²) in [5, 5.41) is 3.66. The lowest BCUT2D eigenvalue weighted by atomic mass is 10.0. The van der Waals surface area contributed by atoms with Gasteiger partial charge in [-0.15, -0.1) is 0 Å². The first-order valence-corrected chi connectivity index (χ1v) is 7.78. The highest BCUT2D eigenvalue weighted by Gasteiger charge is 2.28. The molecule has 0 aromatic carbocycles. The van der Waals surface area contributed by atoms with Crippen molar-refractivity contribution in [1.82, 2.24) is 15.1 Å². The Kier molecular flexibility index (Phi) is 4.75. The minimum Gasteiger partial charge on any atom is -0.380 e. The molecule has 0 unspecified atom stereocenters. The van der Waals surface area contributed by atoms with Crippen LogP contribution in [0.5, 0.6) is 0 Å². The Labute approximate surface area is 120 Å². The number of nitrogens with zero attached hydrogens (tertiary/aromatic N) is 2. The highest BCUT2D eigenvalue weighted by Crippen LogP contribution is 2.15. The van der Waals surface area contributed by atoms with Gasteiger partial charge >= 0.3 is 6.03 Å². The Morgan fingerprint density at radius 3 is 2.20 bits per heavy atom. The maximum Gasteiger partial charge on any atom is 0.320 e. The van der Waals surface area contributed by atoms with Gasteiger partial charge in [-0.3, -0.25) is 0 Å². The molecule has 20 heavy (non-hydrogen) atoms. The number of hydrogen-bond donors (Lipinski definition) is 1. The summed E-state index contributed by atoms with van der Waals surface area (Å²) in [6, 6.07) is 1.24. The highest BCUT2D eigenvalue weighted by molar-refractivity contribution is 5.74. The standard InChI is InChI=1S/C14H25N3O3/c18-14(17-6-9-19-10-7-17)16-4-1-12(2-5-16)15-13-3-8-20-11-13/h12-13,15H,1-11H2/t13-/m1/s1. The summed E-state index contributed by atoms with van der Waals surface area (Å²) in [7, 11) is 0. The Balaban J connectivity index is 1.41. The molecule has 6 heteroatoms. The lowest BCUT2D eigenvalue weighted by molar-refractivity contribution is 0.0406. The molecule has 0 spiro atoms. The van der Waals surface area contributed by atoms with Crippen molar-refractivity contribution in [2.75, 3.05) is 52.6 Å². The minimum atomic E-state index is 0.191. The Bertz CT molecular complexity index is 320. The number of hydrogen-bond acceptors (Lipinski definition) is 4. The molecule has 6 nitrogen and oxygen atoms in total. The van der Waals surface area contributed by atoms with E-state index in [-0.39, 0.29) is 6.03 Å². The molecular weight excluding hydrogens is 258 g/mol. The van der Waals surface area contributed by atoms with Crippen LogP contribution in [0.25, 0.3) is 0 Å². The van der Waals surface area contributed by atoms with Gasteiger partial charge in [0.2, 0.25) is 0 Å². The van der Waals surface area contributed by atoms with Crippen molar-refractivity contribution in [3.63, 3.8) is 0 Å². The predicted octanol–water partition coefficient (Wildman–Crippen LogP) is 0.282. The fourth-order valence-corrected chi connectivity index (χ4v) is 3.19. The summed E-state index contributed by atoms with van der Waals surface area (Å²) in [5.74, 6) is 0. The number of urea groups is 1. The zero-order valence-electron chi connectivity index (χ0n) is 12.1. The Hall–Kier alpha value is -0.850. The number of nitrogens with one attached hydrogen (secondary N) is 1. The van der Waals surface area contributed by atoms with Crippen LogP contribution in [-0.4, -0.2) is 80.5 Å². The first kappa shape index (κ1) is 14.1. The molecule has 0 radical (unpaired) electrons. The first-order valence-electron chi connectivity index (χ1n) is 7.78. The second-order valence-electron chi connectivity index (χ2n) is 5.87. The number of likely N-dealkylation sites (tertiary alicyclic amines) is 1. The van der Waals surface area contributed by atoms with Crippen LogP contribution in [0.3, 0.4) is 0 Å². The molecule has 0 saturated carbocycles. The van der Waals surface area contributed by atoms with E-state index >= 15 is 0 Å². The van der Waals surface area contributed by atoms with Crippen molar-refractivity contribution in [1.29, 1.82) is 0 Å². The second-order valence-corrected chi connectivity index (χ2v) is 5.87. The SMILES string of the molecule is O=C(N1CCOCC1)N1CCC(N[C@@H]2CCOC2)CC1. The normalized spacial score (nSPS) is 28.9. The molecule has 3 aliphatic rings. The molecule has 3 heterocycles. The van der Waals surface area contributed by atoms with Gasteiger partial charge < -0.3 is 24.6 Å². The van der Waals surface area contributed by atoms with Gasteiger partial charge in [0.25, 0.3) is 0 Å². The van der Waals surface area contributed by atoms with Crippen molar-refractivity contribution < 1.29 is 14.3 Å². The van der Waals surface area contributed by atoms with E-state index in [9.17, 15) is 4.79 Å². The van der Waals surface area contributed by atoms with Crippen LogP contribution < -0.4 is 5.32 Å². The lowest BCUT2D eigenvalue weighted by Gasteiger charge is -2.37. The van der Waals surface area contributed by atoms with Crippen molar-refractivity contribution >= 4 is 6.03 Å². The summed E-state index contributed by atoms with van der Waals surface area (Å²) in [5.41, 5.74) is 0. The van der Waals surface area contributed by atoms with Crippen LogP contribution in [-0.2, 0) is 9.47 Å². The van der Waals surface area contributed by atoms with E-state index in [2.05, 4.69) is 5.32 Å². The van der Waals surface area contributed by atoms with Crippen LogP contribution >= 0.6 is 0 Å². The van der Waals surface area contributed by atoms with Crippen molar-refractivity contribution in [3.05, 3.63) is 0 Å². The molecule has 3 rings (SSSR count). The first-order chi connectivity index (χ1) is 9.83. The van der Waals surface area contributed by atoms with Crippen LogP contribution in [0.4, 0.5) is 4.79 Å². The van der Waals surface area contributed by atoms with E-state index in [1.807, 2.05) is 9.80 Å². The van der Waals surface area contributed by atoms with Crippen LogP contribution in [0.2, 0.25) is 0 Å². The van der Waals surface area contributed by atoms with Gasteiger partial charge in [-0.05, 0) is 19.3 Å². The van der Waals surface area contributed by atoms with E-state index in [0.29, 0.717) is 25.3 Å². The summed E-state index contributed by atoms with van der Waals surface area (Å²) < 4.78 is 10.7. The second kappa shape index (κ2) is 6.74. The number of carbonyl (C=O) groups excluding carboxylic acids is 1. The Morgan fingerprint density at radius 1 is 0.850 bits per heavy atom. The van der Waals surface area contributed by atoms with Crippen LogP contribution in [0, 0.1) is 0 Å². The topological polar surface area (TPSA) is 54.0 Å². The number of amides is 2. The van der Waals surface area contributed by atoms with E-state index in [1.165, 1.54) is 0 Å². The maximum atomic E-state index is 12.4. The van der Waals surface area contributed by atoms with E-state index in [4.69, 9.17) is 9.47 Å². The number of morpholine rings is 1. The van der Waals surface area contributed by atoms with Gasteiger partial charge in [0.15, 0.2) is 0 Å². The van der Waals surface area contributed by atoms with Gasteiger partial charge in [0.05, 0.1) is 19.8 Å². The number of carbonyl (C=O) groups is 1. The average molecular weight is 283 g/mol. The zero-order chi connectivity index (χ0) is 13.8. The molecule has 114 valence electrons. The molecule has 1 N–H and O–H groups in total. The van der Waals surface area contributed by atoms with Crippen LogP contribution in [0.15, 0.2) is 0 Å². The summed E-state index contributed by atoms with van der Waals surface area (Å²) >= 11 is 0. The van der Waals surface area contributed by atoms with Gasteiger partial charge in [0, 0.05) is 44.9 Å². The summed E-state index contributed by atoms with van der Waals surface area (Å²) in [4.78, 5) is 16.3. The molecule has 0 bridgehead atoms. The van der Waals surface area contributed by atoms with Crippen molar-refractivity contribution in [2.45, 2.75) is 31.3 Å². The van der Waals surface area contributed by atoms with Crippen LogP contribution in [0.1, 0.15) is 19.3 Å². The molecule has 0 aliphatic carbocycles. The van der Waals surface area contributed by atoms with Gasteiger partial charge in [0.1, 0.15) is 0 Å². The highest BCUT2D eigenvalue weighted by atomic mass is 16.5. The largest absolute Gasteiger partial charge is 0.380 e. The third kappa shape index (κ3) is 3.42. The summed E-state index contributed by atoms with van der Waals surface area (Å²) in [6.07, 6.45) is 3.21.